The zero-order valence-corrected chi connectivity index (χ0v) is 13.5. The number of likely N-dealkylation sites (N-methyl/N-ethyl adjacent to an activating group) is 2. The lowest BCUT2D eigenvalue weighted by Crippen LogP contribution is -2.38. The normalized spacial score (nSPS) is 11.2. The minimum Gasteiger partial charge on any atom is -0.358 e. The Hall–Kier alpha value is -3.10. The summed E-state index contributed by atoms with van der Waals surface area (Å²) in [6, 6.07) is 5.77. The molecule has 0 fully saturated rings. The van der Waals surface area contributed by atoms with Crippen LogP contribution in [0.25, 0.3) is 11.8 Å². The van der Waals surface area contributed by atoms with Crippen LogP contribution < -0.4 is 5.32 Å². The molecule has 0 saturated heterocycles. The first-order valence-corrected chi connectivity index (χ1v) is 7.11. The average Bonchev–Trinajstić information content (AvgIpc) is 2.97. The Morgan fingerprint density at radius 2 is 2.17 bits per heavy atom. The van der Waals surface area contributed by atoms with Crippen LogP contribution in [-0.2, 0) is 9.59 Å². The molecule has 0 aliphatic heterocycles. The molecule has 0 unspecified atom stereocenters. The molecule has 2 amide bonds. The van der Waals surface area contributed by atoms with E-state index in [-0.39, 0.29) is 18.1 Å². The molecule has 0 radical (unpaired) electrons. The van der Waals surface area contributed by atoms with Gasteiger partial charge in [-0.25, -0.2) is 4.39 Å². The molecule has 1 aromatic carbocycles. The highest BCUT2D eigenvalue weighted by Crippen LogP contribution is 2.15. The molecule has 1 aromatic heterocycles. The largest absolute Gasteiger partial charge is 0.358 e. The molecular formula is C15H17FN6O2. The Balaban J connectivity index is 2.42. The predicted molar refractivity (Wildman–Crippen MR) is 84.8 cm³/mol. The standard InChI is InChI=1S/C15H17FN6O2/c1-10-18-19-20-22(10)13(8-11-5-4-6-12(16)7-11)15(24)21(3)9-14(23)17-2/h4-8H,9H2,1-3H3,(H,17,23)/b13-8+. The Kier molecular flexibility index (Phi) is 5.35. The van der Waals surface area contributed by atoms with Gasteiger partial charge in [-0.3, -0.25) is 9.59 Å². The van der Waals surface area contributed by atoms with Crippen molar-refractivity contribution >= 4 is 23.6 Å². The van der Waals surface area contributed by atoms with Crippen molar-refractivity contribution in [2.24, 2.45) is 0 Å². The van der Waals surface area contributed by atoms with E-state index in [4.69, 9.17) is 0 Å². The Bertz CT molecular complexity index is 786. The lowest BCUT2D eigenvalue weighted by molar-refractivity contribution is -0.130. The van der Waals surface area contributed by atoms with Gasteiger partial charge in [0.2, 0.25) is 5.91 Å². The number of halogens is 1. The van der Waals surface area contributed by atoms with Gasteiger partial charge in [0.15, 0.2) is 5.82 Å². The number of rotatable bonds is 5. The van der Waals surface area contributed by atoms with Gasteiger partial charge in [-0.2, -0.15) is 4.68 Å². The SMILES string of the molecule is CNC(=O)CN(C)C(=O)/C(=C\c1cccc(F)c1)n1nnnc1C. The summed E-state index contributed by atoms with van der Waals surface area (Å²) in [5.41, 5.74) is 0.580. The van der Waals surface area contributed by atoms with Crippen molar-refractivity contribution < 1.29 is 14.0 Å². The summed E-state index contributed by atoms with van der Waals surface area (Å²) in [4.78, 5) is 25.4. The van der Waals surface area contributed by atoms with Crippen LogP contribution in [0.2, 0.25) is 0 Å². The van der Waals surface area contributed by atoms with Gasteiger partial charge >= 0.3 is 0 Å². The van der Waals surface area contributed by atoms with Gasteiger partial charge in [0.1, 0.15) is 11.5 Å². The number of benzene rings is 1. The van der Waals surface area contributed by atoms with E-state index in [2.05, 4.69) is 20.8 Å². The van der Waals surface area contributed by atoms with Crippen molar-refractivity contribution in [3.8, 4) is 0 Å². The molecular weight excluding hydrogens is 315 g/mol. The molecule has 2 rings (SSSR count). The summed E-state index contributed by atoms with van der Waals surface area (Å²) in [7, 11) is 2.96. The van der Waals surface area contributed by atoms with E-state index in [1.807, 2.05) is 0 Å². The lowest BCUT2D eigenvalue weighted by atomic mass is 10.1. The van der Waals surface area contributed by atoms with Crippen molar-refractivity contribution in [1.82, 2.24) is 30.4 Å². The van der Waals surface area contributed by atoms with E-state index in [9.17, 15) is 14.0 Å². The van der Waals surface area contributed by atoms with Gasteiger partial charge in [-0.15, -0.1) is 5.10 Å². The summed E-state index contributed by atoms with van der Waals surface area (Å²) in [6.45, 7) is 1.50. The summed E-state index contributed by atoms with van der Waals surface area (Å²) in [5.74, 6) is -0.829. The number of tetrazole rings is 1. The molecule has 0 saturated carbocycles. The Morgan fingerprint density at radius 3 is 2.75 bits per heavy atom. The van der Waals surface area contributed by atoms with E-state index in [1.165, 1.54) is 48.0 Å². The highest BCUT2D eigenvalue weighted by atomic mass is 19.1. The molecule has 0 atom stereocenters. The van der Waals surface area contributed by atoms with Crippen molar-refractivity contribution in [3.63, 3.8) is 0 Å². The maximum atomic E-state index is 13.4. The molecule has 8 nitrogen and oxygen atoms in total. The fourth-order valence-electron chi connectivity index (χ4n) is 1.98. The van der Waals surface area contributed by atoms with Crippen molar-refractivity contribution in [2.45, 2.75) is 6.92 Å². The summed E-state index contributed by atoms with van der Waals surface area (Å²) >= 11 is 0. The molecule has 0 aliphatic carbocycles. The van der Waals surface area contributed by atoms with Gasteiger partial charge in [0.05, 0.1) is 6.54 Å². The number of aromatic nitrogens is 4. The third kappa shape index (κ3) is 4.00. The second-order valence-corrected chi connectivity index (χ2v) is 5.06. The quantitative estimate of drug-likeness (QED) is 0.796. The molecule has 0 bridgehead atoms. The van der Waals surface area contributed by atoms with E-state index >= 15 is 0 Å². The highest BCUT2D eigenvalue weighted by Gasteiger charge is 2.21. The molecule has 1 N–H and O–H groups in total. The summed E-state index contributed by atoms with van der Waals surface area (Å²) in [6.07, 6.45) is 1.47. The van der Waals surface area contributed by atoms with Crippen LogP contribution in [0.1, 0.15) is 11.4 Å². The molecule has 9 heteroatoms. The maximum absolute atomic E-state index is 13.4. The molecule has 24 heavy (non-hydrogen) atoms. The van der Waals surface area contributed by atoms with Crippen molar-refractivity contribution in [3.05, 3.63) is 41.5 Å². The number of carbonyl (C=O) groups is 2. The van der Waals surface area contributed by atoms with Gasteiger partial charge in [0.25, 0.3) is 5.91 Å². The van der Waals surface area contributed by atoms with Crippen molar-refractivity contribution in [1.29, 1.82) is 0 Å². The first kappa shape index (κ1) is 17.3. The monoisotopic (exact) mass is 332 g/mol. The van der Waals surface area contributed by atoms with E-state index in [0.717, 1.165) is 0 Å². The second kappa shape index (κ2) is 7.44. The minimum absolute atomic E-state index is 0.106. The number of hydrogen-bond donors (Lipinski definition) is 1. The van der Waals surface area contributed by atoms with E-state index < -0.39 is 11.7 Å². The molecule has 1 heterocycles. The van der Waals surface area contributed by atoms with Crippen molar-refractivity contribution in [2.75, 3.05) is 20.6 Å². The van der Waals surface area contributed by atoms with Gasteiger partial charge < -0.3 is 10.2 Å². The molecule has 0 aliphatic rings. The third-order valence-electron chi connectivity index (χ3n) is 3.23. The van der Waals surface area contributed by atoms with Crippen LogP contribution in [0.5, 0.6) is 0 Å². The van der Waals surface area contributed by atoms with Crippen LogP contribution in [-0.4, -0.2) is 57.6 Å². The zero-order valence-electron chi connectivity index (χ0n) is 13.5. The van der Waals surface area contributed by atoms with Crippen LogP contribution in [0, 0.1) is 12.7 Å². The van der Waals surface area contributed by atoms with Crippen LogP contribution in [0.4, 0.5) is 4.39 Å². The number of hydrogen-bond acceptors (Lipinski definition) is 5. The molecule has 0 spiro atoms. The number of amides is 2. The Labute approximate surface area is 138 Å². The average molecular weight is 332 g/mol. The first-order chi connectivity index (χ1) is 11.4. The predicted octanol–water partition coefficient (Wildman–Crippen LogP) is 0.323. The molecule has 126 valence electrons. The number of nitrogens with one attached hydrogen (secondary N) is 1. The van der Waals surface area contributed by atoms with Gasteiger partial charge in [0, 0.05) is 14.1 Å². The van der Waals surface area contributed by atoms with Crippen LogP contribution in [0.3, 0.4) is 0 Å². The Morgan fingerprint density at radius 1 is 1.42 bits per heavy atom. The first-order valence-electron chi connectivity index (χ1n) is 7.11. The topological polar surface area (TPSA) is 93.0 Å². The minimum atomic E-state index is -0.474. The lowest BCUT2D eigenvalue weighted by Gasteiger charge is -2.18. The van der Waals surface area contributed by atoms with Crippen LogP contribution >= 0.6 is 0 Å². The number of carbonyl (C=O) groups excluding carboxylic acids is 2. The maximum Gasteiger partial charge on any atom is 0.272 e. The molecule has 2 aromatic rings. The van der Waals surface area contributed by atoms with Crippen LogP contribution in [0.15, 0.2) is 24.3 Å². The number of aryl methyl sites for hydroxylation is 1. The van der Waals surface area contributed by atoms with Gasteiger partial charge in [-0.1, -0.05) is 12.1 Å². The summed E-state index contributed by atoms with van der Waals surface area (Å²) in [5, 5.41) is 13.5. The van der Waals surface area contributed by atoms with E-state index in [1.54, 1.807) is 13.0 Å². The zero-order chi connectivity index (χ0) is 17.7. The fourth-order valence-corrected chi connectivity index (χ4v) is 1.98. The smallest absolute Gasteiger partial charge is 0.272 e. The van der Waals surface area contributed by atoms with E-state index in [0.29, 0.717) is 11.4 Å². The summed E-state index contributed by atoms with van der Waals surface area (Å²) < 4.78 is 14.6. The van der Waals surface area contributed by atoms with Gasteiger partial charge in [-0.05, 0) is 41.1 Å². The fraction of sp³-hybridized carbons (Fsp3) is 0.267. The third-order valence-corrected chi connectivity index (χ3v) is 3.23. The second-order valence-electron chi connectivity index (χ2n) is 5.06. The highest BCUT2D eigenvalue weighted by molar-refractivity contribution is 6.18. The number of nitrogens with zero attached hydrogens (tertiary/aromatic N) is 5.